The molecule has 0 spiro atoms. The first-order valence-corrected chi connectivity index (χ1v) is 9.65. The predicted molar refractivity (Wildman–Crippen MR) is 115 cm³/mol. The van der Waals surface area contributed by atoms with E-state index in [1.807, 2.05) is 0 Å². The standard InChI is InChI=1S/C23H14ClF3N2O3/c24-19-17-11-14(9-10-18(17)29-20(19)22(31)32)28-21(30)16-4-2-1-3-15(16)12-5-7-13(8-6-12)23(25,26)27/h1-11,29H,(H,28,30)(H,31,32). The van der Waals surface area contributed by atoms with Crippen LogP contribution in [-0.2, 0) is 6.18 Å². The fraction of sp³-hybridized carbons (Fsp3) is 0.0435. The minimum Gasteiger partial charge on any atom is -0.477 e. The summed E-state index contributed by atoms with van der Waals surface area (Å²) in [4.78, 5) is 26.9. The van der Waals surface area contributed by atoms with Crippen LogP contribution in [0.5, 0.6) is 0 Å². The summed E-state index contributed by atoms with van der Waals surface area (Å²) >= 11 is 6.12. The molecule has 0 aliphatic carbocycles. The summed E-state index contributed by atoms with van der Waals surface area (Å²) in [5, 5.41) is 12.4. The molecule has 0 atom stereocenters. The van der Waals surface area contributed by atoms with Gasteiger partial charge >= 0.3 is 12.1 Å². The van der Waals surface area contributed by atoms with E-state index in [0.717, 1.165) is 12.1 Å². The minimum atomic E-state index is -4.45. The zero-order chi connectivity index (χ0) is 23.0. The number of carbonyl (C=O) groups is 2. The molecule has 5 nitrogen and oxygen atoms in total. The number of hydrogen-bond acceptors (Lipinski definition) is 2. The van der Waals surface area contributed by atoms with Crippen molar-refractivity contribution in [2.45, 2.75) is 6.18 Å². The van der Waals surface area contributed by atoms with Gasteiger partial charge in [-0.05, 0) is 47.5 Å². The van der Waals surface area contributed by atoms with Gasteiger partial charge in [-0.2, -0.15) is 13.2 Å². The average molecular weight is 459 g/mol. The largest absolute Gasteiger partial charge is 0.477 e. The van der Waals surface area contributed by atoms with E-state index in [9.17, 15) is 27.9 Å². The number of rotatable bonds is 4. The van der Waals surface area contributed by atoms with Crippen LogP contribution >= 0.6 is 11.6 Å². The quantitative estimate of drug-likeness (QED) is 0.328. The van der Waals surface area contributed by atoms with Gasteiger partial charge in [0.15, 0.2) is 0 Å². The lowest BCUT2D eigenvalue weighted by molar-refractivity contribution is -0.137. The van der Waals surface area contributed by atoms with Gasteiger partial charge in [0.2, 0.25) is 0 Å². The molecule has 0 bridgehead atoms. The van der Waals surface area contributed by atoms with Crippen molar-refractivity contribution < 1.29 is 27.9 Å². The van der Waals surface area contributed by atoms with E-state index in [0.29, 0.717) is 27.7 Å². The van der Waals surface area contributed by atoms with Crippen LogP contribution in [0.3, 0.4) is 0 Å². The molecule has 9 heteroatoms. The number of amides is 1. The van der Waals surface area contributed by atoms with Crippen molar-refractivity contribution in [3.63, 3.8) is 0 Å². The molecule has 0 unspecified atom stereocenters. The number of carboxylic acid groups (broad SMARTS) is 1. The number of aromatic nitrogens is 1. The maximum Gasteiger partial charge on any atom is 0.416 e. The van der Waals surface area contributed by atoms with E-state index in [1.165, 1.54) is 12.1 Å². The van der Waals surface area contributed by atoms with Crippen LogP contribution in [0.25, 0.3) is 22.0 Å². The van der Waals surface area contributed by atoms with Crippen molar-refractivity contribution in [3.8, 4) is 11.1 Å². The number of anilines is 1. The van der Waals surface area contributed by atoms with Gasteiger partial charge in [-0.3, -0.25) is 4.79 Å². The second-order valence-corrected chi connectivity index (χ2v) is 7.33. The summed E-state index contributed by atoms with van der Waals surface area (Å²) < 4.78 is 38.5. The van der Waals surface area contributed by atoms with E-state index in [4.69, 9.17) is 11.6 Å². The first-order valence-electron chi connectivity index (χ1n) is 9.27. The van der Waals surface area contributed by atoms with Crippen LogP contribution < -0.4 is 5.32 Å². The first-order chi connectivity index (χ1) is 15.1. The highest BCUT2D eigenvalue weighted by Gasteiger charge is 2.30. The highest BCUT2D eigenvalue weighted by Crippen LogP contribution is 2.33. The Hall–Kier alpha value is -3.78. The number of halogens is 4. The first kappa shape index (κ1) is 21.5. The molecule has 4 aromatic rings. The van der Waals surface area contributed by atoms with Crippen molar-refractivity contribution in [2.75, 3.05) is 5.32 Å². The van der Waals surface area contributed by atoms with E-state index in [1.54, 1.807) is 42.5 Å². The Morgan fingerprint density at radius 2 is 1.66 bits per heavy atom. The lowest BCUT2D eigenvalue weighted by atomic mass is 9.98. The third kappa shape index (κ3) is 4.04. The summed E-state index contributed by atoms with van der Waals surface area (Å²) in [5.41, 5.74) is 1.13. The van der Waals surface area contributed by atoms with Gasteiger partial charge in [0.1, 0.15) is 5.69 Å². The van der Waals surface area contributed by atoms with Gasteiger partial charge in [-0.1, -0.05) is 41.9 Å². The summed E-state index contributed by atoms with van der Waals surface area (Å²) in [6.45, 7) is 0. The summed E-state index contributed by atoms with van der Waals surface area (Å²) in [5.74, 6) is -1.69. The highest BCUT2D eigenvalue weighted by atomic mass is 35.5. The molecule has 3 N–H and O–H groups in total. The van der Waals surface area contributed by atoms with Crippen LogP contribution in [0.4, 0.5) is 18.9 Å². The number of benzene rings is 3. The molecule has 4 rings (SSSR count). The Balaban J connectivity index is 1.65. The maximum absolute atomic E-state index is 12.9. The number of hydrogen-bond donors (Lipinski definition) is 3. The third-order valence-corrected chi connectivity index (χ3v) is 5.29. The molecule has 0 aliphatic rings. The lowest BCUT2D eigenvalue weighted by Gasteiger charge is -2.12. The molecule has 162 valence electrons. The lowest BCUT2D eigenvalue weighted by Crippen LogP contribution is -2.13. The third-order valence-electron chi connectivity index (χ3n) is 4.90. The number of aromatic carboxylic acids is 1. The van der Waals surface area contributed by atoms with Gasteiger partial charge in [0.25, 0.3) is 5.91 Å². The van der Waals surface area contributed by atoms with E-state index >= 15 is 0 Å². The van der Waals surface area contributed by atoms with Gasteiger partial charge in [0, 0.05) is 22.2 Å². The van der Waals surface area contributed by atoms with Gasteiger partial charge in [-0.25, -0.2) is 4.79 Å². The van der Waals surface area contributed by atoms with Crippen LogP contribution in [0.1, 0.15) is 26.4 Å². The summed E-state index contributed by atoms with van der Waals surface area (Å²) in [6.07, 6.45) is -4.45. The summed E-state index contributed by atoms with van der Waals surface area (Å²) in [7, 11) is 0. The Kier molecular flexibility index (Phi) is 5.40. The molecule has 0 saturated carbocycles. The zero-order valence-corrected chi connectivity index (χ0v) is 16.9. The molecule has 0 radical (unpaired) electrons. The van der Waals surface area contributed by atoms with Gasteiger partial charge < -0.3 is 15.4 Å². The molecule has 0 aliphatic heterocycles. The van der Waals surface area contributed by atoms with Crippen molar-refractivity contribution in [1.82, 2.24) is 4.98 Å². The number of fused-ring (bicyclic) bond motifs is 1. The second kappa shape index (κ2) is 8.05. The number of alkyl halides is 3. The fourth-order valence-electron chi connectivity index (χ4n) is 3.35. The Bertz CT molecular complexity index is 1350. The number of aromatic amines is 1. The van der Waals surface area contributed by atoms with Crippen molar-refractivity contribution >= 4 is 40.1 Å². The molecule has 0 fully saturated rings. The van der Waals surface area contributed by atoms with Gasteiger partial charge in [0.05, 0.1) is 10.6 Å². The van der Waals surface area contributed by atoms with E-state index in [-0.39, 0.29) is 16.3 Å². The van der Waals surface area contributed by atoms with Crippen molar-refractivity contribution in [2.24, 2.45) is 0 Å². The topological polar surface area (TPSA) is 82.2 Å². The molecule has 0 saturated heterocycles. The Morgan fingerprint density at radius 1 is 0.969 bits per heavy atom. The number of carboxylic acids is 1. The normalized spacial score (nSPS) is 11.5. The molecule has 3 aromatic carbocycles. The Labute approximate surface area is 184 Å². The zero-order valence-electron chi connectivity index (χ0n) is 16.1. The molecular formula is C23H14ClF3N2O3. The predicted octanol–water partition coefficient (Wildman–Crippen LogP) is 6.46. The van der Waals surface area contributed by atoms with Crippen LogP contribution in [0.2, 0.25) is 5.02 Å². The number of H-pyrrole nitrogens is 1. The van der Waals surface area contributed by atoms with E-state index < -0.39 is 23.6 Å². The van der Waals surface area contributed by atoms with Gasteiger partial charge in [-0.15, -0.1) is 0 Å². The van der Waals surface area contributed by atoms with Crippen molar-refractivity contribution in [1.29, 1.82) is 0 Å². The maximum atomic E-state index is 12.9. The summed E-state index contributed by atoms with van der Waals surface area (Å²) in [6, 6.07) is 15.8. The SMILES string of the molecule is O=C(Nc1ccc2[nH]c(C(=O)O)c(Cl)c2c1)c1ccccc1-c1ccc(C(F)(F)F)cc1. The number of carbonyl (C=O) groups excluding carboxylic acids is 1. The molecule has 32 heavy (non-hydrogen) atoms. The van der Waals surface area contributed by atoms with E-state index in [2.05, 4.69) is 10.3 Å². The monoisotopic (exact) mass is 458 g/mol. The second-order valence-electron chi connectivity index (χ2n) is 6.95. The van der Waals surface area contributed by atoms with Crippen LogP contribution in [-0.4, -0.2) is 22.0 Å². The van der Waals surface area contributed by atoms with Crippen LogP contribution in [0.15, 0.2) is 66.7 Å². The fourth-order valence-corrected chi connectivity index (χ4v) is 3.64. The molecular weight excluding hydrogens is 445 g/mol. The van der Waals surface area contributed by atoms with Crippen LogP contribution in [0, 0.1) is 0 Å². The Morgan fingerprint density at radius 3 is 2.31 bits per heavy atom. The molecule has 1 heterocycles. The minimum absolute atomic E-state index is 0.0220. The highest BCUT2D eigenvalue weighted by molar-refractivity contribution is 6.38. The molecule has 1 amide bonds. The smallest absolute Gasteiger partial charge is 0.416 e. The average Bonchev–Trinajstić information content (AvgIpc) is 3.09. The number of nitrogens with one attached hydrogen (secondary N) is 2. The van der Waals surface area contributed by atoms with Crippen molar-refractivity contribution in [3.05, 3.63) is 88.6 Å². The molecule has 1 aromatic heterocycles.